The molecule has 1 heterocycles. The van der Waals surface area contributed by atoms with Gasteiger partial charge in [0.2, 0.25) is 0 Å². The van der Waals surface area contributed by atoms with E-state index in [1.54, 1.807) is 19.1 Å². The molecule has 0 aliphatic carbocycles. The molecule has 25 heavy (non-hydrogen) atoms. The molecule has 0 bridgehead atoms. The number of Topliss-reactive ketones (excluding diaryl/α,β-unsaturated/α-hetero) is 1. The predicted octanol–water partition coefficient (Wildman–Crippen LogP) is 4.14. The van der Waals surface area contributed by atoms with Crippen LogP contribution in [0.2, 0.25) is 0 Å². The summed E-state index contributed by atoms with van der Waals surface area (Å²) >= 11 is 0. The number of nitrogens with zero attached hydrogens (tertiary/aromatic N) is 1. The number of ketones is 1. The largest absolute Gasteiger partial charge is 0.361 e. The van der Waals surface area contributed by atoms with Crippen molar-refractivity contribution in [3.8, 4) is 0 Å². The minimum Gasteiger partial charge on any atom is -0.361 e. The summed E-state index contributed by atoms with van der Waals surface area (Å²) in [4.78, 5) is 13.8. The van der Waals surface area contributed by atoms with E-state index in [0.717, 1.165) is 36.1 Å². The van der Waals surface area contributed by atoms with Crippen molar-refractivity contribution in [3.05, 3.63) is 70.5 Å². The summed E-state index contributed by atoms with van der Waals surface area (Å²) in [7, 11) is 4.10. The van der Waals surface area contributed by atoms with Crippen LogP contribution in [-0.2, 0) is 16.9 Å². The van der Waals surface area contributed by atoms with Crippen molar-refractivity contribution in [3.63, 3.8) is 0 Å². The quantitative estimate of drug-likeness (QED) is 0.740. The van der Waals surface area contributed by atoms with Gasteiger partial charge in [-0.1, -0.05) is 24.3 Å². The first-order valence-corrected chi connectivity index (χ1v) is 8.61. The van der Waals surface area contributed by atoms with Gasteiger partial charge in [0.1, 0.15) is 11.4 Å². The molecule has 1 aliphatic heterocycles. The van der Waals surface area contributed by atoms with Crippen LogP contribution >= 0.6 is 0 Å². The Kier molecular flexibility index (Phi) is 5.02. The normalized spacial score (nSPS) is 19.2. The van der Waals surface area contributed by atoms with Gasteiger partial charge in [-0.2, -0.15) is 0 Å². The van der Waals surface area contributed by atoms with E-state index in [1.165, 1.54) is 12.1 Å². The average molecular weight is 341 g/mol. The fraction of sp³-hybridized carbons (Fsp3) is 0.381. The first-order valence-electron chi connectivity index (χ1n) is 8.61. The van der Waals surface area contributed by atoms with Gasteiger partial charge in [-0.3, -0.25) is 4.79 Å². The van der Waals surface area contributed by atoms with Gasteiger partial charge in [-0.15, -0.1) is 0 Å². The Bertz CT molecular complexity index is 770. The number of hydrogen-bond donors (Lipinski definition) is 0. The molecule has 1 aliphatic rings. The van der Waals surface area contributed by atoms with Gasteiger partial charge in [0.15, 0.2) is 5.78 Å². The highest BCUT2D eigenvalue weighted by atomic mass is 19.1. The van der Waals surface area contributed by atoms with Crippen LogP contribution < -0.4 is 0 Å². The number of ether oxygens (including phenoxy) is 1. The highest BCUT2D eigenvalue weighted by Crippen LogP contribution is 2.45. The van der Waals surface area contributed by atoms with Crippen molar-refractivity contribution in [2.24, 2.45) is 0 Å². The SMILES string of the molecule is CC(=O)c1ccc2c(c1)COC2(CCCN(C)C)c1ccc(F)cc1. The Morgan fingerprint density at radius 3 is 2.56 bits per heavy atom. The van der Waals surface area contributed by atoms with Crippen molar-refractivity contribution in [2.45, 2.75) is 32.0 Å². The topological polar surface area (TPSA) is 29.5 Å². The second kappa shape index (κ2) is 7.06. The molecule has 1 unspecified atom stereocenters. The molecule has 2 aromatic rings. The Morgan fingerprint density at radius 2 is 1.92 bits per heavy atom. The van der Waals surface area contributed by atoms with Crippen LogP contribution in [0.15, 0.2) is 42.5 Å². The summed E-state index contributed by atoms with van der Waals surface area (Å²) in [6, 6.07) is 12.4. The van der Waals surface area contributed by atoms with Gasteiger partial charge in [0.05, 0.1) is 6.61 Å². The molecule has 0 radical (unpaired) electrons. The van der Waals surface area contributed by atoms with Crippen LogP contribution in [0.25, 0.3) is 0 Å². The fourth-order valence-corrected chi connectivity index (χ4v) is 3.56. The van der Waals surface area contributed by atoms with Crippen LogP contribution in [0.1, 0.15) is 46.8 Å². The fourth-order valence-electron chi connectivity index (χ4n) is 3.56. The number of benzene rings is 2. The van der Waals surface area contributed by atoms with Gasteiger partial charge in [0.25, 0.3) is 0 Å². The second-order valence-corrected chi connectivity index (χ2v) is 6.96. The smallest absolute Gasteiger partial charge is 0.159 e. The molecular formula is C21H24FNO2. The van der Waals surface area contributed by atoms with Gasteiger partial charge >= 0.3 is 0 Å². The summed E-state index contributed by atoms with van der Waals surface area (Å²) in [5.74, 6) is -0.202. The Balaban J connectivity index is 2.02. The summed E-state index contributed by atoms with van der Waals surface area (Å²) in [5.41, 5.74) is 3.21. The van der Waals surface area contributed by atoms with E-state index in [4.69, 9.17) is 4.74 Å². The van der Waals surface area contributed by atoms with E-state index >= 15 is 0 Å². The number of rotatable bonds is 6. The molecule has 132 valence electrons. The number of carbonyl (C=O) groups excluding carboxylic acids is 1. The standard InChI is InChI=1S/C21H24FNO2/c1-15(24)16-5-10-20-17(13-16)14-25-21(20,11-4-12-23(2)3)18-6-8-19(22)9-7-18/h5-10,13H,4,11-12,14H2,1-3H3. The third-order valence-corrected chi connectivity index (χ3v) is 4.87. The summed E-state index contributed by atoms with van der Waals surface area (Å²) in [5, 5.41) is 0. The Morgan fingerprint density at radius 1 is 1.20 bits per heavy atom. The lowest BCUT2D eigenvalue weighted by Crippen LogP contribution is -2.28. The Labute approximate surface area is 148 Å². The summed E-state index contributed by atoms with van der Waals surface area (Å²) in [6.07, 6.45) is 1.77. The van der Waals surface area contributed by atoms with Crippen molar-refractivity contribution >= 4 is 5.78 Å². The first kappa shape index (κ1) is 17.8. The molecule has 4 heteroatoms. The van der Waals surface area contributed by atoms with Gasteiger partial charge in [-0.25, -0.2) is 4.39 Å². The zero-order valence-corrected chi connectivity index (χ0v) is 15.0. The van der Waals surface area contributed by atoms with Crippen LogP contribution in [-0.4, -0.2) is 31.3 Å². The predicted molar refractivity (Wildman–Crippen MR) is 96.2 cm³/mol. The van der Waals surface area contributed by atoms with Crippen LogP contribution in [0.4, 0.5) is 4.39 Å². The molecule has 0 aromatic heterocycles. The van der Waals surface area contributed by atoms with Crippen molar-refractivity contribution in [1.82, 2.24) is 4.90 Å². The maximum absolute atomic E-state index is 13.4. The van der Waals surface area contributed by atoms with E-state index < -0.39 is 5.60 Å². The summed E-state index contributed by atoms with van der Waals surface area (Å²) < 4.78 is 19.7. The van der Waals surface area contributed by atoms with E-state index in [-0.39, 0.29) is 11.6 Å². The van der Waals surface area contributed by atoms with E-state index in [2.05, 4.69) is 4.90 Å². The molecule has 0 saturated carbocycles. The lowest BCUT2D eigenvalue weighted by molar-refractivity contribution is -0.0140. The summed E-state index contributed by atoms with van der Waals surface area (Å²) in [6.45, 7) is 2.99. The number of halogens is 1. The molecule has 2 aromatic carbocycles. The first-order chi connectivity index (χ1) is 11.9. The molecule has 0 spiro atoms. The molecule has 0 N–H and O–H groups in total. The van der Waals surface area contributed by atoms with E-state index in [1.807, 2.05) is 32.3 Å². The maximum atomic E-state index is 13.4. The molecule has 0 saturated heterocycles. The van der Waals surface area contributed by atoms with E-state index in [0.29, 0.717) is 12.2 Å². The maximum Gasteiger partial charge on any atom is 0.159 e. The van der Waals surface area contributed by atoms with Crippen LogP contribution in [0.5, 0.6) is 0 Å². The molecule has 3 nitrogen and oxygen atoms in total. The molecular weight excluding hydrogens is 317 g/mol. The van der Waals surface area contributed by atoms with Crippen LogP contribution in [0.3, 0.4) is 0 Å². The number of hydrogen-bond acceptors (Lipinski definition) is 3. The minimum atomic E-state index is -0.575. The highest BCUT2D eigenvalue weighted by molar-refractivity contribution is 5.94. The molecule has 0 amide bonds. The minimum absolute atomic E-state index is 0.0506. The lowest BCUT2D eigenvalue weighted by atomic mass is 9.81. The van der Waals surface area contributed by atoms with E-state index in [9.17, 15) is 9.18 Å². The average Bonchev–Trinajstić information content (AvgIpc) is 2.94. The van der Waals surface area contributed by atoms with Gasteiger partial charge in [0, 0.05) is 5.56 Å². The second-order valence-electron chi connectivity index (χ2n) is 6.96. The monoisotopic (exact) mass is 341 g/mol. The number of fused-ring (bicyclic) bond motifs is 1. The zero-order valence-electron chi connectivity index (χ0n) is 15.0. The molecule has 1 atom stereocenters. The van der Waals surface area contributed by atoms with Crippen LogP contribution in [0, 0.1) is 5.82 Å². The number of carbonyl (C=O) groups is 1. The van der Waals surface area contributed by atoms with Crippen molar-refractivity contribution < 1.29 is 13.9 Å². The Hall–Kier alpha value is -2.04. The highest BCUT2D eigenvalue weighted by Gasteiger charge is 2.41. The van der Waals surface area contributed by atoms with Gasteiger partial charge in [-0.05, 0) is 75.3 Å². The van der Waals surface area contributed by atoms with Crippen molar-refractivity contribution in [2.75, 3.05) is 20.6 Å². The molecule has 3 rings (SSSR count). The van der Waals surface area contributed by atoms with Crippen molar-refractivity contribution in [1.29, 1.82) is 0 Å². The third kappa shape index (κ3) is 3.51. The molecule has 0 fully saturated rings. The van der Waals surface area contributed by atoms with Gasteiger partial charge < -0.3 is 9.64 Å². The third-order valence-electron chi connectivity index (χ3n) is 4.87. The lowest BCUT2D eigenvalue weighted by Gasteiger charge is -2.31. The zero-order chi connectivity index (χ0) is 18.0.